The molecule has 15 heavy (non-hydrogen) atoms. The van der Waals surface area contributed by atoms with Crippen molar-refractivity contribution >= 4 is 11.8 Å². The summed E-state index contributed by atoms with van der Waals surface area (Å²) in [4.78, 5) is 4.02. The van der Waals surface area contributed by atoms with E-state index in [2.05, 4.69) is 34.2 Å². The number of nitrogens with one attached hydrogen (secondary N) is 1. The lowest BCUT2D eigenvalue weighted by molar-refractivity contribution is 0.511. The average Bonchev–Trinajstić information content (AvgIpc) is 2.32. The third kappa shape index (κ3) is 3.84. The second-order valence-corrected chi connectivity index (χ2v) is 5.12. The molecular formula is C12H18N2S. The molecular weight excluding hydrogens is 204 g/mol. The van der Waals surface area contributed by atoms with Crippen molar-refractivity contribution in [3.63, 3.8) is 0 Å². The minimum Gasteiger partial charge on any atom is -0.313 e. The predicted octanol–water partition coefficient (Wildman–Crippen LogP) is 2.11. The first kappa shape index (κ1) is 11.0. The topological polar surface area (TPSA) is 24.9 Å². The van der Waals surface area contributed by atoms with Crippen LogP contribution < -0.4 is 5.32 Å². The largest absolute Gasteiger partial charge is 0.313 e. The maximum Gasteiger partial charge on any atom is 0.0270 e. The van der Waals surface area contributed by atoms with Gasteiger partial charge in [-0.2, -0.15) is 11.8 Å². The SMILES string of the molecule is c1cc(CCNC2CCCSC2)ccn1. The Morgan fingerprint density at radius 1 is 1.40 bits per heavy atom. The molecule has 0 aliphatic carbocycles. The van der Waals surface area contributed by atoms with E-state index < -0.39 is 0 Å². The minimum absolute atomic E-state index is 0.741. The number of nitrogens with zero attached hydrogens (tertiary/aromatic N) is 1. The Labute approximate surface area is 95.9 Å². The zero-order chi connectivity index (χ0) is 10.3. The van der Waals surface area contributed by atoms with Crippen LogP contribution in [-0.4, -0.2) is 29.1 Å². The Balaban J connectivity index is 1.66. The second-order valence-electron chi connectivity index (χ2n) is 3.97. The molecule has 1 aromatic rings. The van der Waals surface area contributed by atoms with Gasteiger partial charge in [0.1, 0.15) is 0 Å². The van der Waals surface area contributed by atoms with Crippen molar-refractivity contribution in [1.82, 2.24) is 10.3 Å². The molecule has 0 saturated carbocycles. The maximum atomic E-state index is 4.02. The van der Waals surface area contributed by atoms with Gasteiger partial charge in [0, 0.05) is 24.2 Å². The van der Waals surface area contributed by atoms with Crippen LogP contribution in [0.5, 0.6) is 0 Å². The van der Waals surface area contributed by atoms with Gasteiger partial charge in [0.25, 0.3) is 0 Å². The van der Waals surface area contributed by atoms with Crippen molar-refractivity contribution in [3.8, 4) is 0 Å². The Morgan fingerprint density at radius 3 is 3.00 bits per heavy atom. The first-order chi connectivity index (χ1) is 7.45. The van der Waals surface area contributed by atoms with Crippen molar-refractivity contribution in [2.75, 3.05) is 18.1 Å². The number of pyridine rings is 1. The molecule has 1 atom stereocenters. The highest BCUT2D eigenvalue weighted by molar-refractivity contribution is 7.99. The molecule has 1 aliphatic rings. The van der Waals surface area contributed by atoms with Crippen LogP contribution in [0.3, 0.4) is 0 Å². The van der Waals surface area contributed by atoms with E-state index in [4.69, 9.17) is 0 Å². The highest BCUT2D eigenvalue weighted by Crippen LogP contribution is 2.16. The number of hydrogen-bond acceptors (Lipinski definition) is 3. The summed E-state index contributed by atoms with van der Waals surface area (Å²) in [7, 11) is 0. The van der Waals surface area contributed by atoms with Crippen molar-refractivity contribution in [2.45, 2.75) is 25.3 Å². The molecule has 0 aromatic carbocycles. The normalized spacial score (nSPS) is 21.5. The predicted molar refractivity (Wildman–Crippen MR) is 66.3 cm³/mol. The fourth-order valence-electron chi connectivity index (χ4n) is 1.87. The highest BCUT2D eigenvalue weighted by atomic mass is 32.2. The lowest BCUT2D eigenvalue weighted by Crippen LogP contribution is -2.35. The highest BCUT2D eigenvalue weighted by Gasteiger charge is 2.11. The van der Waals surface area contributed by atoms with E-state index in [1.807, 2.05) is 12.4 Å². The summed E-state index contributed by atoms with van der Waals surface area (Å²) in [5, 5.41) is 3.63. The van der Waals surface area contributed by atoms with Gasteiger partial charge in [-0.15, -0.1) is 0 Å². The maximum absolute atomic E-state index is 4.02. The number of aromatic nitrogens is 1. The van der Waals surface area contributed by atoms with Crippen LogP contribution in [0.25, 0.3) is 0 Å². The first-order valence-corrected chi connectivity index (χ1v) is 6.80. The molecule has 1 aromatic heterocycles. The standard InChI is InChI=1S/C12H18N2S/c1-2-12(10-15-9-1)14-8-5-11-3-6-13-7-4-11/h3-4,6-7,12,14H,1-2,5,8-10H2. The van der Waals surface area contributed by atoms with Gasteiger partial charge in [-0.1, -0.05) is 0 Å². The molecule has 0 amide bonds. The van der Waals surface area contributed by atoms with Gasteiger partial charge < -0.3 is 5.32 Å². The summed E-state index contributed by atoms with van der Waals surface area (Å²) >= 11 is 2.08. The van der Waals surface area contributed by atoms with Crippen molar-refractivity contribution in [2.24, 2.45) is 0 Å². The van der Waals surface area contributed by atoms with E-state index in [1.165, 1.54) is 29.9 Å². The van der Waals surface area contributed by atoms with Crippen LogP contribution in [0.2, 0.25) is 0 Å². The molecule has 2 nitrogen and oxygen atoms in total. The minimum atomic E-state index is 0.741. The molecule has 1 N–H and O–H groups in total. The van der Waals surface area contributed by atoms with E-state index in [0.717, 1.165) is 19.0 Å². The zero-order valence-corrected chi connectivity index (χ0v) is 9.80. The molecule has 1 saturated heterocycles. The van der Waals surface area contributed by atoms with Crippen LogP contribution in [-0.2, 0) is 6.42 Å². The van der Waals surface area contributed by atoms with Crippen LogP contribution >= 0.6 is 11.8 Å². The van der Waals surface area contributed by atoms with Crippen LogP contribution in [0, 0.1) is 0 Å². The second kappa shape index (κ2) is 6.13. The third-order valence-electron chi connectivity index (χ3n) is 2.76. The van der Waals surface area contributed by atoms with E-state index in [9.17, 15) is 0 Å². The monoisotopic (exact) mass is 222 g/mol. The van der Waals surface area contributed by atoms with Crippen LogP contribution in [0.15, 0.2) is 24.5 Å². The summed E-state index contributed by atoms with van der Waals surface area (Å²) < 4.78 is 0. The number of rotatable bonds is 4. The van der Waals surface area contributed by atoms with E-state index in [-0.39, 0.29) is 0 Å². The lowest BCUT2D eigenvalue weighted by atomic mass is 10.1. The molecule has 1 unspecified atom stereocenters. The smallest absolute Gasteiger partial charge is 0.0270 e. The molecule has 3 heteroatoms. The quantitative estimate of drug-likeness (QED) is 0.844. The Kier molecular flexibility index (Phi) is 4.48. The van der Waals surface area contributed by atoms with Gasteiger partial charge in [0.05, 0.1) is 0 Å². The zero-order valence-electron chi connectivity index (χ0n) is 8.98. The Bertz CT molecular complexity index is 270. The fraction of sp³-hybridized carbons (Fsp3) is 0.583. The molecule has 2 rings (SSSR count). The lowest BCUT2D eigenvalue weighted by Gasteiger charge is -2.22. The van der Waals surface area contributed by atoms with Crippen molar-refractivity contribution in [1.29, 1.82) is 0 Å². The van der Waals surface area contributed by atoms with Gasteiger partial charge in [-0.25, -0.2) is 0 Å². The van der Waals surface area contributed by atoms with Crippen molar-refractivity contribution in [3.05, 3.63) is 30.1 Å². The number of thioether (sulfide) groups is 1. The Hall–Kier alpha value is -0.540. The molecule has 2 heterocycles. The van der Waals surface area contributed by atoms with Gasteiger partial charge in [0.15, 0.2) is 0 Å². The van der Waals surface area contributed by atoms with Crippen molar-refractivity contribution < 1.29 is 0 Å². The summed E-state index contributed by atoms with van der Waals surface area (Å²) in [5.74, 6) is 2.64. The van der Waals surface area contributed by atoms with E-state index in [1.54, 1.807) is 0 Å². The summed E-state index contributed by atoms with van der Waals surface area (Å²) in [6.07, 6.45) is 7.57. The number of hydrogen-bond donors (Lipinski definition) is 1. The average molecular weight is 222 g/mol. The molecule has 1 aliphatic heterocycles. The van der Waals surface area contributed by atoms with Crippen LogP contribution in [0.4, 0.5) is 0 Å². The Morgan fingerprint density at radius 2 is 2.27 bits per heavy atom. The summed E-state index contributed by atoms with van der Waals surface area (Å²) in [5.41, 5.74) is 1.38. The van der Waals surface area contributed by atoms with Crippen LogP contribution in [0.1, 0.15) is 18.4 Å². The molecule has 0 bridgehead atoms. The fourth-order valence-corrected chi connectivity index (χ4v) is 2.98. The van der Waals surface area contributed by atoms with Gasteiger partial charge in [-0.3, -0.25) is 4.98 Å². The van der Waals surface area contributed by atoms with Gasteiger partial charge in [0.2, 0.25) is 0 Å². The first-order valence-electron chi connectivity index (χ1n) is 5.65. The summed E-state index contributed by atoms with van der Waals surface area (Å²) in [6.45, 7) is 1.09. The van der Waals surface area contributed by atoms with E-state index >= 15 is 0 Å². The van der Waals surface area contributed by atoms with E-state index in [0.29, 0.717) is 0 Å². The molecule has 1 fully saturated rings. The summed E-state index contributed by atoms with van der Waals surface area (Å²) in [6, 6.07) is 4.93. The molecule has 0 radical (unpaired) electrons. The van der Waals surface area contributed by atoms with Gasteiger partial charge in [-0.05, 0) is 49.3 Å². The molecule has 82 valence electrons. The van der Waals surface area contributed by atoms with Gasteiger partial charge >= 0.3 is 0 Å². The third-order valence-corrected chi connectivity index (χ3v) is 3.97. The molecule has 0 spiro atoms.